The molecular formula is C17H19N5O3. The van der Waals surface area contributed by atoms with Crippen LogP contribution in [0.4, 0.5) is 0 Å². The van der Waals surface area contributed by atoms with E-state index < -0.39 is 0 Å². The van der Waals surface area contributed by atoms with Crippen LogP contribution in [0.5, 0.6) is 0 Å². The van der Waals surface area contributed by atoms with Gasteiger partial charge in [0, 0.05) is 38.3 Å². The van der Waals surface area contributed by atoms with E-state index in [9.17, 15) is 4.79 Å². The van der Waals surface area contributed by atoms with E-state index in [1.807, 2.05) is 21.8 Å². The van der Waals surface area contributed by atoms with Gasteiger partial charge in [0.25, 0.3) is 0 Å². The van der Waals surface area contributed by atoms with Crippen molar-refractivity contribution in [3.05, 3.63) is 42.7 Å². The molecule has 8 nitrogen and oxygen atoms in total. The van der Waals surface area contributed by atoms with E-state index in [-0.39, 0.29) is 11.9 Å². The van der Waals surface area contributed by atoms with Gasteiger partial charge in [0.2, 0.25) is 17.6 Å². The lowest BCUT2D eigenvalue weighted by molar-refractivity contribution is -0.133. The minimum Gasteiger partial charge on any atom is -0.461 e. The molecule has 0 saturated carbocycles. The molecule has 1 saturated heterocycles. The van der Waals surface area contributed by atoms with Crippen molar-refractivity contribution in [1.82, 2.24) is 24.8 Å². The maximum absolute atomic E-state index is 12.5. The Labute approximate surface area is 144 Å². The lowest BCUT2D eigenvalue weighted by Gasteiger charge is -2.32. The van der Waals surface area contributed by atoms with Crippen molar-refractivity contribution in [1.29, 1.82) is 0 Å². The van der Waals surface area contributed by atoms with Gasteiger partial charge < -0.3 is 13.8 Å². The van der Waals surface area contributed by atoms with Crippen LogP contribution in [0.1, 0.15) is 31.2 Å². The van der Waals surface area contributed by atoms with E-state index in [1.54, 1.807) is 24.6 Å². The number of carbonyl (C=O) groups excluding carboxylic acids is 1. The van der Waals surface area contributed by atoms with Crippen LogP contribution in [-0.2, 0) is 11.2 Å². The summed E-state index contributed by atoms with van der Waals surface area (Å²) < 4.78 is 12.4. The minimum absolute atomic E-state index is 0.106. The van der Waals surface area contributed by atoms with Crippen LogP contribution in [0.3, 0.4) is 0 Å². The fourth-order valence-electron chi connectivity index (χ4n) is 3.13. The summed E-state index contributed by atoms with van der Waals surface area (Å²) in [4.78, 5) is 18.7. The molecule has 1 amide bonds. The third kappa shape index (κ3) is 3.47. The van der Waals surface area contributed by atoms with Crippen molar-refractivity contribution < 1.29 is 13.7 Å². The third-order valence-electron chi connectivity index (χ3n) is 4.41. The molecule has 0 radical (unpaired) electrons. The molecule has 4 rings (SSSR count). The largest absolute Gasteiger partial charge is 0.461 e. The molecule has 0 unspecified atom stereocenters. The Hall–Kier alpha value is -2.90. The second-order valence-electron chi connectivity index (χ2n) is 6.11. The highest BCUT2D eigenvalue weighted by atomic mass is 16.5. The molecule has 1 aliphatic rings. The fourth-order valence-corrected chi connectivity index (χ4v) is 3.13. The predicted molar refractivity (Wildman–Crippen MR) is 87.4 cm³/mol. The van der Waals surface area contributed by atoms with Gasteiger partial charge in [-0.2, -0.15) is 10.1 Å². The van der Waals surface area contributed by atoms with Crippen molar-refractivity contribution in [2.24, 2.45) is 0 Å². The van der Waals surface area contributed by atoms with Crippen molar-refractivity contribution in [2.75, 3.05) is 13.1 Å². The van der Waals surface area contributed by atoms with Crippen molar-refractivity contribution in [3.8, 4) is 11.6 Å². The fraction of sp³-hybridized carbons (Fsp3) is 0.412. The Morgan fingerprint density at radius 3 is 3.12 bits per heavy atom. The second kappa shape index (κ2) is 6.92. The maximum Gasteiger partial charge on any atom is 0.238 e. The molecule has 0 aliphatic carbocycles. The number of furan rings is 1. The summed E-state index contributed by atoms with van der Waals surface area (Å²) in [6.45, 7) is 1.49. The Morgan fingerprint density at radius 2 is 2.32 bits per heavy atom. The number of likely N-dealkylation sites (tertiary alicyclic amines) is 1. The van der Waals surface area contributed by atoms with Gasteiger partial charge in [-0.3, -0.25) is 9.48 Å². The standard InChI is InChI=1S/C17H19N5O3/c23-16(21-9-1-4-13(12-21)22-10-3-8-18-22)7-6-15-19-17(20-25-15)14-5-2-11-24-14/h2-3,5,8,10-11,13H,1,4,6-7,9,12H2/t13-/m0/s1. The summed E-state index contributed by atoms with van der Waals surface area (Å²) >= 11 is 0. The van der Waals surface area contributed by atoms with Crippen LogP contribution in [-0.4, -0.2) is 43.8 Å². The van der Waals surface area contributed by atoms with Crippen molar-refractivity contribution in [3.63, 3.8) is 0 Å². The number of aryl methyl sites for hydroxylation is 1. The van der Waals surface area contributed by atoms with E-state index in [0.29, 0.717) is 36.9 Å². The highest BCUT2D eigenvalue weighted by Gasteiger charge is 2.25. The number of hydrogen-bond acceptors (Lipinski definition) is 6. The number of hydrogen-bond donors (Lipinski definition) is 0. The summed E-state index contributed by atoms with van der Waals surface area (Å²) in [6, 6.07) is 5.69. The molecule has 8 heteroatoms. The monoisotopic (exact) mass is 341 g/mol. The zero-order valence-corrected chi connectivity index (χ0v) is 13.7. The first-order valence-electron chi connectivity index (χ1n) is 8.43. The van der Waals surface area contributed by atoms with Crippen molar-refractivity contribution >= 4 is 5.91 Å². The Morgan fingerprint density at radius 1 is 1.36 bits per heavy atom. The predicted octanol–water partition coefficient (Wildman–Crippen LogP) is 2.32. The van der Waals surface area contributed by atoms with Crippen LogP contribution >= 0.6 is 0 Å². The molecule has 3 aromatic heterocycles. The van der Waals surface area contributed by atoms with Crippen LogP contribution in [0.15, 0.2) is 45.8 Å². The van der Waals surface area contributed by atoms with Crippen molar-refractivity contribution in [2.45, 2.75) is 31.7 Å². The number of piperidine rings is 1. The average molecular weight is 341 g/mol. The summed E-state index contributed by atoms with van der Waals surface area (Å²) in [7, 11) is 0. The minimum atomic E-state index is 0.106. The smallest absolute Gasteiger partial charge is 0.238 e. The molecule has 0 aromatic carbocycles. The zero-order chi connectivity index (χ0) is 17.1. The summed E-state index contributed by atoms with van der Waals surface area (Å²) in [5.74, 6) is 1.51. The second-order valence-corrected chi connectivity index (χ2v) is 6.11. The highest BCUT2D eigenvalue weighted by molar-refractivity contribution is 5.76. The molecule has 3 aromatic rings. The molecule has 0 N–H and O–H groups in total. The third-order valence-corrected chi connectivity index (χ3v) is 4.41. The van der Waals surface area contributed by atoms with Crippen LogP contribution < -0.4 is 0 Å². The number of aromatic nitrogens is 4. The van der Waals surface area contributed by atoms with Gasteiger partial charge in [0.05, 0.1) is 12.3 Å². The van der Waals surface area contributed by atoms with Gasteiger partial charge >= 0.3 is 0 Å². The van der Waals surface area contributed by atoms with Gasteiger partial charge in [-0.25, -0.2) is 0 Å². The summed E-state index contributed by atoms with van der Waals surface area (Å²) in [6.07, 6.45) is 8.09. The van der Waals surface area contributed by atoms with Gasteiger partial charge in [0.1, 0.15) is 0 Å². The van der Waals surface area contributed by atoms with Crippen LogP contribution in [0, 0.1) is 0 Å². The zero-order valence-electron chi connectivity index (χ0n) is 13.7. The maximum atomic E-state index is 12.5. The van der Waals surface area contributed by atoms with E-state index >= 15 is 0 Å². The molecule has 25 heavy (non-hydrogen) atoms. The molecule has 1 fully saturated rings. The quantitative estimate of drug-likeness (QED) is 0.707. The van der Waals surface area contributed by atoms with Crippen LogP contribution in [0.25, 0.3) is 11.6 Å². The number of amides is 1. The lowest BCUT2D eigenvalue weighted by atomic mass is 10.1. The van der Waals surface area contributed by atoms with E-state index in [1.165, 1.54) is 0 Å². The normalized spacial score (nSPS) is 17.8. The molecule has 0 bridgehead atoms. The summed E-state index contributed by atoms with van der Waals surface area (Å²) in [5.41, 5.74) is 0. The van der Waals surface area contributed by atoms with Gasteiger partial charge in [0.15, 0.2) is 5.76 Å². The number of rotatable bonds is 5. The molecule has 0 spiro atoms. The summed E-state index contributed by atoms with van der Waals surface area (Å²) in [5, 5.41) is 8.17. The van der Waals surface area contributed by atoms with E-state index in [4.69, 9.17) is 8.94 Å². The van der Waals surface area contributed by atoms with E-state index in [2.05, 4.69) is 15.2 Å². The molecule has 4 heterocycles. The Balaban J connectivity index is 1.33. The topological polar surface area (TPSA) is 90.2 Å². The molecule has 1 aliphatic heterocycles. The van der Waals surface area contributed by atoms with Gasteiger partial charge in [-0.15, -0.1) is 0 Å². The first kappa shape index (κ1) is 15.6. The first-order valence-corrected chi connectivity index (χ1v) is 8.43. The Bertz CT molecular complexity index is 809. The molecular weight excluding hydrogens is 322 g/mol. The average Bonchev–Trinajstić information content (AvgIpc) is 3.42. The highest BCUT2D eigenvalue weighted by Crippen LogP contribution is 2.22. The lowest BCUT2D eigenvalue weighted by Crippen LogP contribution is -2.40. The number of carbonyl (C=O) groups is 1. The van der Waals surface area contributed by atoms with Gasteiger partial charge in [-0.1, -0.05) is 5.16 Å². The first-order chi connectivity index (χ1) is 12.3. The molecule has 1 atom stereocenters. The van der Waals surface area contributed by atoms with Crippen LogP contribution in [0.2, 0.25) is 0 Å². The van der Waals surface area contributed by atoms with E-state index in [0.717, 1.165) is 19.4 Å². The molecule has 130 valence electrons. The Kier molecular flexibility index (Phi) is 4.32. The SMILES string of the molecule is O=C(CCc1nc(-c2ccco2)no1)N1CCC[C@H](n2cccn2)C1. The number of nitrogens with zero attached hydrogens (tertiary/aromatic N) is 5. The van der Waals surface area contributed by atoms with Gasteiger partial charge in [-0.05, 0) is 31.0 Å².